The molecule has 1 saturated heterocycles. The molecule has 10 heteroatoms. The van der Waals surface area contributed by atoms with Crippen molar-refractivity contribution in [1.29, 1.82) is 0 Å². The highest BCUT2D eigenvalue weighted by Gasteiger charge is 2.40. The van der Waals surface area contributed by atoms with Crippen LogP contribution in [0.1, 0.15) is 10.4 Å². The number of carboxylic acids is 1. The Morgan fingerprint density at radius 2 is 1.83 bits per heavy atom. The average Bonchev–Trinajstić information content (AvgIpc) is 2.69. The normalized spacial score (nSPS) is 19.3. The molecule has 2 N–H and O–H groups in total. The van der Waals surface area contributed by atoms with E-state index >= 15 is 0 Å². The third-order valence-corrected chi connectivity index (χ3v) is 5.06. The second-order valence-electron chi connectivity index (χ2n) is 6.86. The molecule has 1 unspecified atom stereocenters. The maximum absolute atomic E-state index is 14.8. The summed E-state index contributed by atoms with van der Waals surface area (Å²) in [7, 11) is 0. The Labute approximate surface area is 163 Å². The van der Waals surface area contributed by atoms with Crippen LogP contribution in [-0.4, -0.2) is 54.6 Å². The maximum Gasteiger partial charge on any atom is 0.316 e. The number of aliphatic carboxylic acids is 1. The summed E-state index contributed by atoms with van der Waals surface area (Å²) in [5.74, 6) is -6.30. The fourth-order valence-electron chi connectivity index (χ4n) is 3.60. The molecule has 0 aliphatic carbocycles. The Morgan fingerprint density at radius 3 is 2.48 bits per heavy atom. The molecule has 1 fully saturated rings. The van der Waals surface area contributed by atoms with E-state index in [1.165, 1.54) is 4.90 Å². The number of fused-ring (bicyclic) bond motifs is 1. The van der Waals surface area contributed by atoms with Gasteiger partial charge < -0.3 is 20.2 Å². The number of anilines is 3. The Morgan fingerprint density at radius 1 is 1.10 bits per heavy atom. The first-order valence-corrected chi connectivity index (χ1v) is 9.02. The molecule has 29 heavy (non-hydrogen) atoms. The van der Waals surface area contributed by atoms with E-state index in [2.05, 4.69) is 10.3 Å². The summed E-state index contributed by atoms with van der Waals surface area (Å²) in [5, 5.41) is 12.5. The van der Waals surface area contributed by atoms with Crippen molar-refractivity contribution in [3.63, 3.8) is 0 Å². The number of hydrogen-bond acceptors (Lipinski definition) is 6. The van der Waals surface area contributed by atoms with Crippen LogP contribution in [0.5, 0.6) is 0 Å². The highest BCUT2D eigenvalue weighted by molar-refractivity contribution is 6.13. The van der Waals surface area contributed by atoms with Gasteiger partial charge in [0.1, 0.15) is 23.4 Å². The van der Waals surface area contributed by atoms with Crippen LogP contribution in [0.2, 0.25) is 0 Å². The number of Topliss-reactive ketones (excluding diaryl/α,β-unsaturated/α-hetero) is 1. The number of carboxylic acid groups (broad SMARTS) is 1. The van der Waals surface area contributed by atoms with Gasteiger partial charge in [-0.25, -0.2) is 18.2 Å². The molecule has 0 radical (unpaired) electrons. The number of hydrogen-bond donors (Lipinski definition) is 2. The third kappa shape index (κ3) is 3.39. The van der Waals surface area contributed by atoms with Crippen LogP contribution >= 0.6 is 0 Å². The molecule has 0 saturated carbocycles. The van der Waals surface area contributed by atoms with Crippen molar-refractivity contribution < 1.29 is 27.9 Å². The van der Waals surface area contributed by atoms with Gasteiger partial charge >= 0.3 is 5.97 Å². The average molecular weight is 406 g/mol. The molecule has 3 heterocycles. The van der Waals surface area contributed by atoms with E-state index in [0.29, 0.717) is 32.2 Å². The number of rotatable bonds is 3. The molecule has 2 aliphatic rings. The Kier molecular flexibility index (Phi) is 4.87. The zero-order chi connectivity index (χ0) is 20.7. The number of nitrogens with one attached hydrogen (secondary N) is 1. The molecule has 1 aromatic heterocycles. The maximum atomic E-state index is 14.8. The van der Waals surface area contributed by atoms with Crippen molar-refractivity contribution in [2.45, 2.75) is 0 Å². The van der Waals surface area contributed by atoms with Crippen LogP contribution in [0.3, 0.4) is 0 Å². The van der Waals surface area contributed by atoms with Gasteiger partial charge in [-0.05, 0) is 18.2 Å². The van der Waals surface area contributed by atoms with Gasteiger partial charge in [0.05, 0.1) is 11.3 Å². The van der Waals surface area contributed by atoms with E-state index in [0.717, 1.165) is 18.2 Å². The van der Waals surface area contributed by atoms with E-state index in [1.54, 1.807) is 4.90 Å². The summed E-state index contributed by atoms with van der Waals surface area (Å²) in [4.78, 5) is 31.3. The number of piperazine rings is 1. The van der Waals surface area contributed by atoms with Crippen LogP contribution in [0.4, 0.5) is 30.5 Å². The number of carbonyl (C=O) groups excluding carboxylic acids is 1. The zero-order valence-electron chi connectivity index (χ0n) is 15.2. The van der Waals surface area contributed by atoms with E-state index < -0.39 is 41.7 Å². The lowest BCUT2D eigenvalue weighted by Crippen LogP contribution is -2.45. The first-order valence-electron chi connectivity index (χ1n) is 9.02. The van der Waals surface area contributed by atoms with Crippen LogP contribution in [-0.2, 0) is 4.79 Å². The van der Waals surface area contributed by atoms with Crippen molar-refractivity contribution in [3.8, 4) is 0 Å². The summed E-state index contributed by atoms with van der Waals surface area (Å²) in [5.41, 5.74) is -0.388. The number of ketones is 1. The van der Waals surface area contributed by atoms with Crippen molar-refractivity contribution >= 4 is 29.1 Å². The van der Waals surface area contributed by atoms with Crippen LogP contribution in [0, 0.1) is 23.4 Å². The Bertz CT molecular complexity index is 995. The predicted octanol–water partition coefficient (Wildman–Crippen LogP) is 1.94. The molecule has 0 spiro atoms. The highest BCUT2D eigenvalue weighted by Crippen LogP contribution is 2.38. The largest absolute Gasteiger partial charge is 0.481 e. The second kappa shape index (κ2) is 7.36. The van der Waals surface area contributed by atoms with Gasteiger partial charge in [0.25, 0.3) is 0 Å². The van der Waals surface area contributed by atoms with Gasteiger partial charge in [0.2, 0.25) is 0 Å². The number of nitrogens with zero attached hydrogens (tertiary/aromatic N) is 3. The number of halogens is 3. The van der Waals surface area contributed by atoms with Crippen LogP contribution in [0.15, 0.2) is 24.3 Å². The highest BCUT2D eigenvalue weighted by atomic mass is 19.1. The lowest BCUT2D eigenvalue weighted by Gasteiger charge is -2.35. The van der Waals surface area contributed by atoms with Crippen molar-refractivity contribution in [3.05, 3.63) is 47.3 Å². The molecule has 2 aromatic rings. The zero-order valence-corrected chi connectivity index (χ0v) is 15.2. The fourth-order valence-corrected chi connectivity index (χ4v) is 3.60. The van der Waals surface area contributed by atoms with Crippen LogP contribution in [0.25, 0.3) is 0 Å². The standard InChI is InChI=1S/C19H17F3N4O3/c20-10-1-2-15(13(21)7-10)26-9-12(19(28)29)16(27)11-8-14(22)18(24-17(11)26)25-5-3-23-4-6-25/h1-2,7-8,12,23H,3-6,9H2,(H,28,29). The molecule has 0 amide bonds. The minimum Gasteiger partial charge on any atom is -0.481 e. The summed E-state index contributed by atoms with van der Waals surface area (Å²) < 4.78 is 42.6. The van der Waals surface area contributed by atoms with E-state index in [1.807, 2.05) is 0 Å². The molecule has 7 nitrogen and oxygen atoms in total. The summed E-state index contributed by atoms with van der Waals surface area (Å²) >= 11 is 0. The molecule has 0 bridgehead atoms. The van der Waals surface area contributed by atoms with Gasteiger partial charge in [0, 0.05) is 38.8 Å². The number of benzene rings is 1. The molecule has 2 aliphatic heterocycles. The quantitative estimate of drug-likeness (QED) is 0.754. The van der Waals surface area contributed by atoms with Crippen molar-refractivity contribution in [2.75, 3.05) is 42.5 Å². The third-order valence-electron chi connectivity index (χ3n) is 5.06. The van der Waals surface area contributed by atoms with E-state index in [-0.39, 0.29) is 22.9 Å². The smallest absolute Gasteiger partial charge is 0.316 e. The number of pyridine rings is 1. The van der Waals surface area contributed by atoms with E-state index in [4.69, 9.17) is 0 Å². The van der Waals surface area contributed by atoms with Gasteiger partial charge in [-0.3, -0.25) is 9.59 Å². The molecular weight excluding hydrogens is 389 g/mol. The molecular formula is C19H17F3N4O3. The summed E-state index contributed by atoms with van der Waals surface area (Å²) in [6.07, 6.45) is 0. The summed E-state index contributed by atoms with van der Waals surface area (Å²) in [6.45, 7) is 1.81. The Hall–Kier alpha value is -3.14. The number of carbonyl (C=O) groups is 2. The molecule has 1 atom stereocenters. The van der Waals surface area contributed by atoms with E-state index in [9.17, 15) is 27.9 Å². The topological polar surface area (TPSA) is 85.8 Å². The van der Waals surface area contributed by atoms with Crippen molar-refractivity contribution in [1.82, 2.24) is 10.3 Å². The minimum atomic E-state index is -1.53. The fraction of sp³-hybridized carbons (Fsp3) is 0.316. The molecule has 1 aromatic carbocycles. The second-order valence-corrected chi connectivity index (χ2v) is 6.86. The van der Waals surface area contributed by atoms with Gasteiger partial charge in [-0.1, -0.05) is 0 Å². The van der Waals surface area contributed by atoms with Gasteiger partial charge in [-0.15, -0.1) is 0 Å². The lowest BCUT2D eigenvalue weighted by molar-refractivity contribution is -0.139. The summed E-state index contributed by atoms with van der Waals surface area (Å²) in [6, 6.07) is 3.76. The monoisotopic (exact) mass is 406 g/mol. The molecule has 4 rings (SSSR count). The first kappa shape index (κ1) is 19.2. The first-order chi connectivity index (χ1) is 13.9. The number of aromatic nitrogens is 1. The lowest BCUT2D eigenvalue weighted by atomic mass is 9.92. The Balaban J connectivity index is 1.87. The minimum absolute atomic E-state index is 0.000607. The molecule has 152 valence electrons. The predicted molar refractivity (Wildman–Crippen MR) is 98.1 cm³/mol. The van der Waals surface area contributed by atoms with Crippen LogP contribution < -0.4 is 15.1 Å². The SMILES string of the molecule is O=C(O)C1CN(c2ccc(F)cc2F)c2nc(N3CCNCC3)c(F)cc2C1=O. The van der Waals surface area contributed by atoms with Crippen molar-refractivity contribution in [2.24, 2.45) is 5.92 Å². The van der Waals surface area contributed by atoms with Gasteiger partial charge in [0.15, 0.2) is 17.4 Å². The van der Waals surface area contributed by atoms with Gasteiger partial charge in [-0.2, -0.15) is 0 Å².